The van der Waals surface area contributed by atoms with Crippen LogP contribution in [0.5, 0.6) is 0 Å². The molecule has 3 aliphatic carbocycles. The van der Waals surface area contributed by atoms with Crippen LogP contribution in [0.1, 0.15) is 17.2 Å². The van der Waals surface area contributed by atoms with E-state index in [0.29, 0.717) is 17.7 Å². The van der Waals surface area contributed by atoms with E-state index in [-0.39, 0.29) is 0 Å². The molecule has 3 heteroatoms. The van der Waals surface area contributed by atoms with E-state index in [4.69, 9.17) is 9.40 Å². The van der Waals surface area contributed by atoms with Crippen LogP contribution in [-0.4, -0.2) is 4.98 Å². The Morgan fingerprint density at radius 1 is 0.517 bits per heavy atom. The molecule has 58 heavy (non-hydrogen) atoms. The molecule has 11 rings (SSSR count). The van der Waals surface area contributed by atoms with Crippen LogP contribution in [0.3, 0.4) is 0 Å². The number of aromatic nitrogens is 1. The first-order chi connectivity index (χ1) is 28.8. The number of para-hydroxylation sites is 1. The number of aryl methyl sites for hydroxylation is 2. The summed E-state index contributed by atoms with van der Waals surface area (Å²) in [6, 6.07) is 59.3. The molecule has 0 saturated heterocycles. The monoisotopic (exact) mass is 744 g/mol. The first kappa shape index (κ1) is 34.1. The Morgan fingerprint density at radius 2 is 1.19 bits per heavy atom. The van der Waals surface area contributed by atoms with Gasteiger partial charge in [0.15, 0.2) is 0 Å². The Morgan fingerprint density at radius 3 is 2.05 bits per heavy atom. The van der Waals surface area contributed by atoms with Gasteiger partial charge in [0.25, 0.3) is 0 Å². The van der Waals surface area contributed by atoms with Crippen molar-refractivity contribution >= 4 is 33.4 Å². The number of benzene rings is 7. The number of hydrogen-bond donors (Lipinski definition) is 0. The van der Waals surface area contributed by atoms with E-state index in [1.54, 1.807) is 0 Å². The minimum atomic E-state index is 0.301. The van der Waals surface area contributed by atoms with Gasteiger partial charge in [0.1, 0.15) is 11.5 Å². The third kappa shape index (κ3) is 5.95. The summed E-state index contributed by atoms with van der Waals surface area (Å²) in [6.45, 7) is 0. The van der Waals surface area contributed by atoms with Crippen LogP contribution in [0.15, 0.2) is 211 Å². The van der Waals surface area contributed by atoms with E-state index >= 15 is 0 Å². The van der Waals surface area contributed by atoms with Crippen molar-refractivity contribution in [1.82, 2.24) is 4.98 Å². The molecule has 0 amide bonds. The Balaban J connectivity index is 1.15. The lowest BCUT2D eigenvalue weighted by molar-refractivity contribution is 0.489. The van der Waals surface area contributed by atoms with Crippen LogP contribution in [0.4, 0.5) is 17.1 Å². The van der Waals surface area contributed by atoms with Crippen LogP contribution >= 0.6 is 0 Å². The van der Waals surface area contributed by atoms with Crippen molar-refractivity contribution in [1.29, 1.82) is 0 Å². The zero-order chi connectivity index (χ0) is 38.4. The maximum atomic E-state index is 6.72. The molecule has 0 N–H and O–H groups in total. The van der Waals surface area contributed by atoms with Gasteiger partial charge in [-0.3, -0.25) is 0 Å². The van der Waals surface area contributed by atoms with Crippen LogP contribution < -0.4 is 4.90 Å². The van der Waals surface area contributed by atoms with Gasteiger partial charge < -0.3 is 9.32 Å². The largest absolute Gasteiger partial charge is 0.441 e. The Bertz CT molecular complexity index is 2960. The topological polar surface area (TPSA) is 29.3 Å². The van der Waals surface area contributed by atoms with E-state index in [0.717, 1.165) is 74.7 Å². The molecule has 0 radical (unpaired) electrons. The number of hydrogen-bond acceptors (Lipinski definition) is 3. The van der Waals surface area contributed by atoms with E-state index in [9.17, 15) is 0 Å². The lowest BCUT2D eigenvalue weighted by Gasteiger charge is -2.33. The predicted molar refractivity (Wildman–Crippen MR) is 240 cm³/mol. The van der Waals surface area contributed by atoms with E-state index in [1.165, 1.54) is 27.5 Å². The summed E-state index contributed by atoms with van der Waals surface area (Å²) in [5.74, 6) is 2.30. The van der Waals surface area contributed by atoms with E-state index in [1.807, 2.05) is 0 Å². The summed E-state index contributed by atoms with van der Waals surface area (Å²) in [6.07, 6.45) is 17.2. The molecular formula is C55H40N2O. The Hall–Kier alpha value is -7.23. The van der Waals surface area contributed by atoms with E-state index in [2.05, 4.69) is 211 Å². The van der Waals surface area contributed by atoms with Gasteiger partial charge in [-0.2, -0.15) is 0 Å². The maximum absolute atomic E-state index is 6.72. The molecule has 8 aromatic rings. The molecule has 3 aliphatic rings. The smallest absolute Gasteiger partial charge is 0.226 e. The quantitative estimate of drug-likeness (QED) is 0.163. The zero-order valence-corrected chi connectivity index (χ0v) is 32.0. The summed E-state index contributed by atoms with van der Waals surface area (Å²) in [5.41, 5.74) is 14.6. The second-order valence-electron chi connectivity index (χ2n) is 15.4. The summed E-state index contributed by atoms with van der Waals surface area (Å²) in [7, 11) is 0. The second kappa shape index (κ2) is 14.4. The van der Waals surface area contributed by atoms with Crippen molar-refractivity contribution in [3.8, 4) is 44.6 Å². The van der Waals surface area contributed by atoms with Crippen LogP contribution in [0.2, 0.25) is 0 Å². The maximum Gasteiger partial charge on any atom is 0.226 e. The number of fused-ring (bicyclic) bond motifs is 5. The molecule has 2 unspecified atom stereocenters. The average molecular weight is 745 g/mol. The van der Waals surface area contributed by atoms with Crippen molar-refractivity contribution in [3.63, 3.8) is 0 Å². The number of anilines is 3. The molecule has 0 saturated carbocycles. The molecule has 0 aliphatic heterocycles. The minimum absolute atomic E-state index is 0.301. The number of allylic oxidation sites excluding steroid dienone is 8. The highest BCUT2D eigenvalue weighted by Gasteiger charge is 2.31. The summed E-state index contributed by atoms with van der Waals surface area (Å²) < 4.78 is 6.72. The molecule has 0 bridgehead atoms. The standard InChI is InChI=1S/C55H40N2O/c1-3-16-39(17-4-1)47-25-11-12-27-49(47)57(50-33-31-43(36-48(50)40-18-5-2-6-19-40)46-26-13-22-38-20-9-10-24-45(38)46)51-28-14-23-41-32-34-52-54(53(41)51)56-55(58-52)44-30-29-37-15-7-8-21-42(37)35-44/h1-31,33,35-37,42H,32,34H2. The van der Waals surface area contributed by atoms with Crippen LogP contribution in [0.25, 0.3) is 61.0 Å². The highest BCUT2D eigenvalue weighted by atomic mass is 16.4. The first-order valence-corrected chi connectivity index (χ1v) is 20.3. The van der Waals surface area contributed by atoms with Crippen molar-refractivity contribution in [2.75, 3.05) is 4.90 Å². The molecular weight excluding hydrogens is 705 g/mol. The van der Waals surface area contributed by atoms with Gasteiger partial charge in [0.2, 0.25) is 5.89 Å². The van der Waals surface area contributed by atoms with Crippen molar-refractivity contribution in [2.24, 2.45) is 11.8 Å². The van der Waals surface area contributed by atoms with Gasteiger partial charge in [0.05, 0.1) is 17.1 Å². The minimum Gasteiger partial charge on any atom is -0.441 e. The lowest BCUT2D eigenvalue weighted by Crippen LogP contribution is -2.16. The summed E-state index contributed by atoms with van der Waals surface area (Å²) in [5, 5.41) is 2.47. The molecule has 7 aromatic carbocycles. The first-order valence-electron chi connectivity index (χ1n) is 20.3. The molecule has 0 fully saturated rings. The number of rotatable bonds is 7. The zero-order valence-electron chi connectivity index (χ0n) is 32.0. The lowest BCUT2D eigenvalue weighted by atomic mass is 9.83. The second-order valence-corrected chi connectivity index (χ2v) is 15.4. The predicted octanol–water partition coefficient (Wildman–Crippen LogP) is 14.4. The fourth-order valence-electron chi connectivity index (χ4n) is 9.11. The average Bonchev–Trinajstić information content (AvgIpc) is 3.75. The van der Waals surface area contributed by atoms with Crippen LogP contribution in [-0.2, 0) is 12.8 Å². The molecule has 3 nitrogen and oxygen atoms in total. The molecule has 276 valence electrons. The fraction of sp³-hybridized carbons (Fsp3) is 0.0727. The molecule has 0 spiro atoms. The van der Waals surface area contributed by atoms with Gasteiger partial charge in [0, 0.05) is 40.5 Å². The molecule has 2 atom stereocenters. The highest BCUT2D eigenvalue weighted by Crippen LogP contribution is 2.51. The van der Waals surface area contributed by atoms with Gasteiger partial charge in [-0.1, -0.05) is 182 Å². The van der Waals surface area contributed by atoms with Gasteiger partial charge >= 0.3 is 0 Å². The Kier molecular flexibility index (Phi) is 8.44. The molecule has 1 aromatic heterocycles. The molecule has 1 heterocycles. The third-order valence-electron chi connectivity index (χ3n) is 11.9. The van der Waals surface area contributed by atoms with Crippen molar-refractivity contribution < 1.29 is 4.42 Å². The van der Waals surface area contributed by atoms with Crippen molar-refractivity contribution in [2.45, 2.75) is 12.8 Å². The highest BCUT2D eigenvalue weighted by molar-refractivity contribution is 6.02. The van der Waals surface area contributed by atoms with Gasteiger partial charge in [-0.25, -0.2) is 4.98 Å². The van der Waals surface area contributed by atoms with E-state index < -0.39 is 0 Å². The third-order valence-corrected chi connectivity index (χ3v) is 11.9. The van der Waals surface area contributed by atoms with Gasteiger partial charge in [-0.15, -0.1) is 0 Å². The van der Waals surface area contributed by atoms with Crippen LogP contribution in [0, 0.1) is 11.8 Å². The number of oxazole rings is 1. The SMILES string of the molecule is C1=CC2C=CC(c3nc4c(o3)CCc3cccc(N(c5ccccc5-c5ccccc5)c5ccc(-c6cccc7ccccc67)cc5-c5ccccc5)c3-4)=CC2C=C1. The number of nitrogens with zero attached hydrogens (tertiary/aromatic N) is 2. The van der Waals surface area contributed by atoms with Crippen molar-refractivity contribution in [3.05, 3.63) is 224 Å². The Labute approximate surface area is 339 Å². The summed E-state index contributed by atoms with van der Waals surface area (Å²) in [4.78, 5) is 7.85. The fourth-order valence-corrected chi connectivity index (χ4v) is 9.11. The normalized spacial score (nSPS) is 16.4. The summed E-state index contributed by atoms with van der Waals surface area (Å²) >= 11 is 0. The van der Waals surface area contributed by atoms with Gasteiger partial charge in [-0.05, 0) is 69.3 Å².